The molecule has 1 heterocycles. The maximum Gasteiger partial charge on any atom is 0.123 e. The molecule has 1 saturated heterocycles. The molecule has 0 unspecified atom stereocenters. The third kappa shape index (κ3) is 4.26. The predicted octanol–water partition coefficient (Wildman–Crippen LogP) is 5.09. The molecule has 2 aromatic rings. The lowest BCUT2D eigenvalue weighted by Gasteiger charge is -2.52. The number of hydrogen-bond donors (Lipinski definition) is 1. The second-order valence-corrected chi connectivity index (χ2v) is 8.57. The fourth-order valence-corrected chi connectivity index (χ4v) is 5.32. The number of hydrogen-bond acceptors (Lipinski definition) is 4. The van der Waals surface area contributed by atoms with Crippen molar-refractivity contribution in [2.24, 2.45) is 5.92 Å². The quantitative estimate of drug-likeness (QED) is 0.725. The Kier molecular flexibility index (Phi) is 6.45. The summed E-state index contributed by atoms with van der Waals surface area (Å²) in [5, 5.41) is 11.5. The van der Waals surface area contributed by atoms with E-state index in [0.717, 1.165) is 55.8 Å². The Morgan fingerprint density at radius 2 is 1.90 bits per heavy atom. The minimum absolute atomic E-state index is 0.106. The van der Waals surface area contributed by atoms with E-state index in [1.54, 1.807) is 14.2 Å². The average molecular weight is 408 g/mol. The highest BCUT2D eigenvalue weighted by Crippen LogP contribution is 2.51. The normalized spacial score (nSPS) is 27.0. The zero-order chi connectivity index (χ0) is 21.0. The van der Waals surface area contributed by atoms with Crippen molar-refractivity contribution in [3.8, 4) is 11.5 Å². The Bertz CT molecular complexity index is 866. The molecule has 1 saturated carbocycles. The summed E-state index contributed by atoms with van der Waals surface area (Å²) < 4.78 is 11.3. The van der Waals surface area contributed by atoms with Gasteiger partial charge in [-0.25, -0.2) is 0 Å². The van der Waals surface area contributed by atoms with E-state index < -0.39 is 5.60 Å². The monoisotopic (exact) mass is 407 g/mol. The summed E-state index contributed by atoms with van der Waals surface area (Å²) in [6.45, 7) is 1.71. The highest BCUT2D eigenvalue weighted by atomic mass is 16.5. The fourth-order valence-electron chi connectivity index (χ4n) is 5.32. The van der Waals surface area contributed by atoms with Gasteiger partial charge >= 0.3 is 0 Å². The van der Waals surface area contributed by atoms with Crippen LogP contribution in [0.5, 0.6) is 11.5 Å². The molecule has 160 valence electrons. The molecule has 1 aliphatic carbocycles. The highest BCUT2D eigenvalue weighted by molar-refractivity contribution is 5.49. The molecule has 0 amide bonds. The van der Waals surface area contributed by atoms with Gasteiger partial charge in [-0.05, 0) is 43.0 Å². The van der Waals surface area contributed by atoms with Gasteiger partial charge in [-0.15, -0.1) is 0 Å². The van der Waals surface area contributed by atoms with E-state index in [0.29, 0.717) is 0 Å². The van der Waals surface area contributed by atoms with Crippen LogP contribution in [0, 0.1) is 5.92 Å². The maximum atomic E-state index is 11.5. The van der Waals surface area contributed by atoms with Crippen LogP contribution in [0.2, 0.25) is 0 Å². The fraction of sp³-hybridized carbons (Fsp3) is 0.462. The molecule has 3 atom stereocenters. The van der Waals surface area contributed by atoms with Crippen LogP contribution in [0.25, 0.3) is 6.08 Å². The van der Waals surface area contributed by atoms with E-state index in [1.165, 1.54) is 12.0 Å². The van der Waals surface area contributed by atoms with Crippen molar-refractivity contribution in [1.82, 2.24) is 4.90 Å². The number of fused-ring (bicyclic) bond motifs is 1. The Balaban J connectivity index is 1.67. The van der Waals surface area contributed by atoms with Crippen molar-refractivity contribution in [3.63, 3.8) is 0 Å². The second-order valence-electron chi connectivity index (χ2n) is 8.57. The minimum atomic E-state index is -0.587. The molecular weight excluding hydrogens is 374 g/mol. The lowest BCUT2D eigenvalue weighted by atomic mass is 9.66. The maximum absolute atomic E-state index is 11.5. The highest BCUT2D eigenvalue weighted by Gasteiger charge is 2.49. The van der Waals surface area contributed by atoms with Crippen LogP contribution >= 0.6 is 0 Å². The van der Waals surface area contributed by atoms with Gasteiger partial charge in [0, 0.05) is 30.6 Å². The van der Waals surface area contributed by atoms with Crippen LogP contribution in [0.4, 0.5) is 0 Å². The van der Waals surface area contributed by atoms with Crippen LogP contribution in [-0.4, -0.2) is 42.9 Å². The van der Waals surface area contributed by atoms with Gasteiger partial charge in [-0.1, -0.05) is 55.3 Å². The first-order chi connectivity index (χ1) is 14.6. The lowest BCUT2D eigenvalue weighted by Crippen LogP contribution is -2.54. The lowest BCUT2D eigenvalue weighted by molar-refractivity contribution is -0.122. The van der Waals surface area contributed by atoms with Crippen molar-refractivity contribution in [1.29, 1.82) is 0 Å². The molecule has 4 nitrogen and oxygen atoms in total. The Morgan fingerprint density at radius 1 is 1.07 bits per heavy atom. The zero-order valence-electron chi connectivity index (χ0n) is 18.1. The Morgan fingerprint density at radius 3 is 2.67 bits per heavy atom. The van der Waals surface area contributed by atoms with E-state index in [2.05, 4.69) is 47.4 Å². The summed E-state index contributed by atoms with van der Waals surface area (Å²) in [5.74, 6) is 1.90. The van der Waals surface area contributed by atoms with Crippen molar-refractivity contribution < 1.29 is 14.6 Å². The van der Waals surface area contributed by atoms with Gasteiger partial charge in [0.15, 0.2) is 0 Å². The largest absolute Gasteiger partial charge is 0.497 e. The minimum Gasteiger partial charge on any atom is -0.497 e. The van der Waals surface area contributed by atoms with Crippen molar-refractivity contribution in [3.05, 3.63) is 65.7 Å². The van der Waals surface area contributed by atoms with E-state index in [9.17, 15) is 5.11 Å². The average Bonchev–Trinajstić information content (AvgIpc) is 2.79. The predicted molar refractivity (Wildman–Crippen MR) is 121 cm³/mol. The number of likely N-dealkylation sites (tertiary alicyclic amines) is 1. The van der Waals surface area contributed by atoms with Gasteiger partial charge in [0.25, 0.3) is 0 Å². The molecule has 30 heavy (non-hydrogen) atoms. The van der Waals surface area contributed by atoms with Crippen LogP contribution < -0.4 is 9.47 Å². The van der Waals surface area contributed by atoms with Crippen LogP contribution in [0.15, 0.2) is 54.6 Å². The number of rotatable bonds is 6. The summed E-state index contributed by atoms with van der Waals surface area (Å²) in [5.41, 5.74) is 1.74. The Hall–Kier alpha value is -2.30. The van der Waals surface area contributed by atoms with Crippen LogP contribution in [0.1, 0.15) is 49.3 Å². The summed E-state index contributed by atoms with van der Waals surface area (Å²) >= 11 is 0. The molecule has 0 radical (unpaired) electrons. The Labute approximate surface area is 180 Å². The van der Waals surface area contributed by atoms with Crippen molar-refractivity contribution >= 4 is 6.08 Å². The molecule has 2 aliphatic rings. The van der Waals surface area contributed by atoms with Gasteiger partial charge in [-0.3, -0.25) is 4.90 Å². The van der Waals surface area contributed by atoms with Gasteiger partial charge < -0.3 is 14.6 Å². The summed E-state index contributed by atoms with van der Waals surface area (Å²) in [4.78, 5) is 2.50. The molecule has 1 aliphatic heterocycles. The number of ether oxygens (including phenoxy) is 2. The summed E-state index contributed by atoms with van der Waals surface area (Å²) in [6, 6.07) is 16.5. The first kappa shape index (κ1) is 21.0. The SMILES string of the molecule is COc1ccc(OC)c([C@H]2[C@H]3CCCC[C@@]3(O)CCN2C/C=C/c2ccccc2)c1. The number of benzene rings is 2. The van der Waals surface area contributed by atoms with E-state index in [4.69, 9.17) is 9.47 Å². The van der Waals surface area contributed by atoms with Crippen LogP contribution in [-0.2, 0) is 0 Å². The van der Waals surface area contributed by atoms with Gasteiger partial charge in [-0.2, -0.15) is 0 Å². The number of nitrogens with zero attached hydrogens (tertiary/aromatic N) is 1. The first-order valence-electron chi connectivity index (χ1n) is 11.0. The molecule has 2 aromatic carbocycles. The molecular formula is C26H33NO3. The third-order valence-corrected chi connectivity index (χ3v) is 6.88. The summed E-state index contributed by atoms with van der Waals surface area (Å²) in [6.07, 6.45) is 9.48. The zero-order valence-corrected chi connectivity index (χ0v) is 18.1. The second kappa shape index (κ2) is 9.23. The van der Waals surface area contributed by atoms with E-state index >= 15 is 0 Å². The molecule has 4 heteroatoms. The molecule has 1 N–H and O–H groups in total. The number of methoxy groups -OCH3 is 2. The third-order valence-electron chi connectivity index (χ3n) is 6.88. The van der Waals surface area contributed by atoms with E-state index in [-0.39, 0.29) is 12.0 Å². The first-order valence-corrected chi connectivity index (χ1v) is 11.0. The molecule has 0 aromatic heterocycles. The number of aliphatic hydroxyl groups is 1. The van der Waals surface area contributed by atoms with Gasteiger partial charge in [0.2, 0.25) is 0 Å². The van der Waals surface area contributed by atoms with Crippen molar-refractivity contribution in [2.75, 3.05) is 27.3 Å². The smallest absolute Gasteiger partial charge is 0.123 e. The van der Waals surface area contributed by atoms with Gasteiger partial charge in [0.05, 0.1) is 19.8 Å². The summed E-state index contributed by atoms with van der Waals surface area (Å²) in [7, 11) is 3.42. The van der Waals surface area contributed by atoms with Crippen LogP contribution in [0.3, 0.4) is 0 Å². The topological polar surface area (TPSA) is 41.9 Å². The number of piperidine rings is 1. The van der Waals surface area contributed by atoms with E-state index in [1.807, 2.05) is 18.2 Å². The molecule has 2 fully saturated rings. The molecule has 0 spiro atoms. The molecule has 0 bridgehead atoms. The molecule has 4 rings (SSSR count). The van der Waals surface area contributed by atoms with Gasteiger partial charge in [0.1, 0.15) is 11.5 Å². The standard InChI is InChI=1S/C26H33NO3/c1-29-21-13-14-24(30-2)22(19-21)25-23-12-6-7-15-26(23,28)16-18-27(25)17-8-11-20-9-4-3-5-10-20/h3-5,8-11,13-14,19,23,25,28H,6-7,12,15-18H2,1-2H3/b11-8+/t23-,25+,26-/m1/s1. The van der Waals surface area contributed by atoms with Crippen molar-refractivity contribution in [2.45, 2.75) is 43.7 Å².